The van der Waals surface area contributed by atoms with E-state index in [4.69, 9.17) is 0 Å². The molecule has 3 saturated heterocycles. The number of aromatic amines is 1. The highest BCUT2D eigenvalue weighted by molar-refractivity contribution is 7.90. The lowest BCUT2D eigenvalue weighted by Crippen LogP contribution is -2.49. The van der Waals surface area contributed by atoms with Crippen LogP contribution >= 0.6 is 0 Å². The Hall–Kier alpha value is -6.20. The van der Waals surface area contributed by atoms with Crippen LogP contribution in [-0.2, 0) is 28.0 Å². The lowest BCUT2D eigenvalue weighted by molar-refractivity contribution is -0.126. The molecule has 1 unspecified atom stereocenters. The van der Waals surface area contributed by atoms with E-state index in [-0.39, 0.29) is 36.9 Å². The van der Waals surface area contributed by atoms with Gasteiger partial charge in [0, 0.05) is 97.4 Å². The molecule has 332 valence electrons. The maximum atomic E-state index is 15.8. The Labute approximate surface area is 368 Å². The zero-order valence-corrected chi connectivity index (χ0v) is 35.8. The number of alkyl halides is 1. The third-order valence-electron chi connectivity index (χ3n) is 13.5. The van der Waals surface area contributed by atoms with Gasteiger partial charge < -0.3 is 25.0 Å². The van der Waals surface area contributed by atoms with E-state index >= 15 is 8.78 Å². The van der Waals surface area contributed by atoms with Crippen molar-refractivity contribution in [1.29, 1.82) is 0 Å². The van der Waals surface area contributed by atoms with Crippen molar-refractivity contribution in [1.82, 2.24) is 24.5 Å². The van der Waals surface area contributed by atoms with Gasteiger partial charge in [0.25, 0.3) is 5.91 Å². The summed E-state index contributed by atoms with van der Waals surface area (Å²) in [4.78, 5) is 53.8. The number of anilines is 3. The number of pyridine rings is 1. The first-order valence-corrected chi connectivity index (χ1v) is 23.2. The van der Waals surface area contributed by atoms with Crippen LogP contribution in [0.4, 0.5) is 30.2 Å². The number of hydrogen-bond donors (Lipinski definition) is 3. The van der Waals surface area contributed by atoms with E-state index in [1.54, 1.807) is 17.2 Å². The first kappa shape index (κ1) is 41.8. The van der Waals surface area contributed by atoms with Gasteiger partial charge in [-0.25, -0.2) is 18.2 Å². The maximum Gasteiger partial charge on any atom is 0.301 e. The average molecular weight is 893 g/mol. The number of nitrogens with one attached hydrogen (secondary N) is 3. The van der Waals surface area contributed by atoms with Crippen molar-refractivity contribution in [2.24, 2.45) is 5.92 Å². The zero-order chi connectivity index (χ0) is 44.4. The number of carbonyl (C=O) groups is 3. The van der Waals surface area contributed by atoms with Gasteiger partial charge in [0.2, 0.25) is 11.7 Å². The highest BCUT2D eigenvalue weighted by Crippen LogP contribution is 2.37. The van der Waals surface area contributed by atoms with E-state index in [0.29, 0.717) is 53.2 Å². The molecule has 7 heterocycles. The van der Waals surface area contributed by atoms with Crippen LogP contribution in [0.5, 0.6) is 0 Å². The fourth-order valence-corrected chi connectivity index (χ4v) is 11.3. The second-order valence-electron chi connectivity index (χ2n) is 17.5. The minimum absolute atomic E-state index is 0.00552. The van der Waals surface area contributed by atoms with Gasteiger partial charge in [-0.05, 0) is 116 Å². The van der Waals surface area contributed by atoms with Crippen molar-refractivity contribution in [2.75, 3.05) is 53.8 Å². The van der Waals surface area contributed by atoms with E-state index in [9.17, 15) is 27.2 Å². The first-order valence-electron chi connectivity index (χ1n) is 21.8. The molecule has 0 radical (unpaired) electrons. The predicted octanol–water partition coefficient (Wildman–Crippen LogP) is 6.86. The van der Waals surface area contributed by atoms with Crippen LogP contribution in [0.1, 0.15) is 75.9 Å². The van der Waals surface area contributed by atoms with E-state index in [0.717, 1.165) is 85.1 Å². The molecule has 0 saturated carbocycles. The fourth-order valence-electron chi connectivity index (χ4n) is 10.00. The number of fused-ring (bicyclic) bond motifs is 3. The molecule has 5 aliphatic heterocycles. The molecule has 5 aliphatic rings. The molecule has 3 aromatic carbocycles. The Morgan fingerprint density at radius 1 is 0.922 bits per heavy atom. The number of piperidine rings is 2. The molecule has 17 heteroatoms. The average Bonchev–Trinajstić information content (AvgIpc) is 4.01. The normalized spacial score (nSPS) is 20.8. The molecule has 64 heavy (non-hydrogen) atoms. The van der Waals surface area contributed by atoms with E-state index < -0.39 is 51.1 Å². The minimum atomic E-state index is -4.36. The lowest BCUT2D eigenvalue weighted by Gasteiger charge is -2.39. The molecule has 0 aliphatic carbocycles. The van der Waals surface area contributed by atoms with Gasteiger partial charge in [-0.1, -0.05) is 12.6 Å². The number of H-pyrrole nitrogens is 1. The number of amides is 2. The summed E-state index contributed by atoms with van der Waals surface area (Å²) in [6.07, 6.45) is 6.84. The number of rotatable bonds is 10. The van der Waals surface area contributed by atoms with Crippen molar-refractivity contribution in [2.45, 2.75) is 63.7 Å². The molecule has 10 rings (SSSR count). The Balaban J connectivity index is 0.806. The van der Waals surface area contributed by atoms with Gasteiger partial charge in [-0.3, -0.25) is 19.1 Å². The Kier molecular flexibility index (Phi) is 10.7. The summed E-state index contributed by atoms with van der Waals surface area (Å²) in [6.45, 7) is 7.49. The standard InChI is InChI=1S/C47H47F3N8O5S/c1-27-4-10-41(46(60)53-27)58-25-32-20-34(6-7-35(32)47(58)61)55-16-12-28(13-17-55)24-56-15-2-3-30-19-29(5-11-40(30)56)31-21-36-37(23-52-45(36)51-22-31)44(59)42-38(49)8-9-39(43(42)50)54-64(62,63)57-18-14-33(48)26-57/h5-9,11,19-23,28,33,41,54H,1-4,10,12-18,24-26H2,(H,51,52)(H,53,60)/t33-,41?/m1/s1. The van der Waals surface area contributed by atoms with Crippen LogP contribution in [0.15, 0.2) is 79.3 Å². The Morgan fingerprint density at radius 3 is 2.53 bits per heavy atom. The first-order chi connectivity index (χ1) is 30.8. The fraction of sp³-hybridized carbons (Fsp3) is 0.362. The smallest absolute Gasteiger partial charge is 0.301 e. The quantitative estimate of drug-likeness (QED) is 0.129. The SMILES string of the molecule is C=C1CCC(N2Cc3cc(N4CCC(CN5CCCc6cc(-c7cnc8[nH]cc(C(=O)c9c(F)ccc(NS(=O)(=O)N%10CC[C@@H](F)C%10)c9F)c8c7)ccc65)CC4)ccc3C2=O)C(=O)N1. The van der Waals surface area contributed by atoms with Gasteiger partial charge >= 0.3 is 10.2 Å². The van der Waals surface area contributed by atoms with Crippen LogP contribution in [0.2, 0.25) is 0 Å². The van der Waals surface area contributed by atoms with Crippen LogP contribution < -0.4 is 19.8 Å². The van der Waals surface area contributed by atoms with E-state index in [1.165, 1.54) is 17.4 Å². The molecule has 0 bridgehead atoms. The Morgan fingerprint density at radius 2 is 1.75 bits per heavy atom. The monoisotopic (exact) mass is 892 g/mol. The summed E-state index contributed by atoms with van der Waals surface area (Å²) >= 11 is 0. The summed E-state index contributed by atoms with van der Waals surface area (Å²) in [7, 11) is -4.36. The van der Waals surface area contributed by atoms with E-state index in [1.807, 2.05) is 18.2 Å². The van der Waals surface area contributed by atoms with Crippen LogP contribution in [0.3, 0.4) is 0 Å². The molecule has 2 amide bonds. The second-order valence-corrected chi connectivity index (χ2v) is 19.2. The number of hydrogen-bond acceptors (Lipinski definition) is 8. The predicted molar refractivity (Wildman–Crippen MR) is 237 cm³/mol. The number of allylic oxidation sites excluding steroid dienone is 1. The molecule has 0 spiro atoms. The molecule has 3 fully saturated rings. The van der Waals surface area contributed by atoms with Crippen molar-refractivity contribution < 1.29 is 36.0 Å². The van der Waals surface area contributed by atoms with Gasteiger partial charge in [0.1, 0.15) is 23.7 Å². The third-order valence-corrected chi connectivity index (χ3v) is 15.0. The number of halogens is 3. The second kappa shape index (κ2) is 16.4. The van der Waals surface area contributed by atoms with Crippen LogP contribution in [-0.4, -0.2) is 96.7 Å². The van der Waals surface area contributed by atoms with E-state index in [2.05, 4.69) is 54.6 Å². The summed E-state index contributed by atoms with van der Waals surface area (Å²) in [5.41, 5.74) is 6.13. The number of aromatic nitrogens is 2. The van der Waals surface area contributed by atoms with Crippen molar-refractivity contribution in [3.63, 3.8) is 0 Å². The highest BCUT2D eigenvalue weighted by Gasteiger charge is 2.39. The van der Waals surface area contributed by atoms with Crippen LogP contribution in [0, 0.1) is 17.6 Å². The molecular weight excluding hydrogens is 846 g/mol. The summed E-state index contributed by atoms with van der Waals surface area (Å²) < 4.78 is 73.4. The summed E-state index contributed by atoms with van der Waals surface area (Å²) in [5.74, 6) is -3.30. The molecule has 13 nitrogen and oxygen atoms in total. The minimum Gasteiger partial charge on any atom is -0.372 e. The zero-order valence-electron chi connectivity index (χ0n) is 35.0. The molecule has 2 aromatic heterocycles. The van der Waals surface area contributed by atoms with Crippen molar-refractivity contribution in [3.8, 4) is 11.1 Å². The lowest BCUT2D eigenvalue weighted by atomic mass is 9.92. The maximum absolute atomic E-state index is 15.8. The number of nitrogens with zero attached hydrogens (tertiary/aromatic N) is 5. The van der Waals surface area contributed by atoms with Crippen LogP contribution in [0.25, 0.3) is 22.2 Å². The molecule has 2 atom stereocenters. The topological polar surface area (TPSA) is 151 Å². The molecular formula is C47H47F3N8O5S. The van der Waals surface area contributed by atoms with Gasteiger partial charge in [-0.15, -0.1) is 0 Å². The number of ketones is 1. The Bertz CT molecular complexity index is 2860. The third kappa shape index (κ3) is 7.67. The van der Waals surface area contributed by atoms with Gasteiger partial charge in [0.15, 0.2) is 5.82 Å². The summed E-state index contributed by atoms with van der Waals surface area (Å²) in [6, 6.07) is 15.3. The molecule has 3 N–H and O–H groups in total. The summed E-state index contributed by atoms with van der Waals surface area (Å²) in [5, 5.41) is 3.15. The van der Waals surface area contributed by atoms with Crippen molar-refractivity contribution >= 4 is 55.9 Å². The number of benzene rings is 3. The largest absolute Gasteiger partial charge is 0.372 e. The van der Waals surface area contributed by atoms with Gasteiger partial charge in [-0.2, -0.15) is 12.7 Å². The van der Waals surface area contributed by atoms with Gasteiger partial charge in [0.05, 0.1) is 11.3 Å². The molecule has 5 aromatic rings. The number of aryl methyl sites for hydroxylation is 1. The number of carbonyl (C=O) groups excluding carboxylic acids is 3. The highest BCUT2D eigenvalue weighted by atomic mass is 32.2. The van der Waals surface area contributed by atoms with Crippen molar-refractivity contribution in [3.05, 3.63) is 119 Å².